The molecule has 0 bridgehead atoms. The Morgan fingerprint density at radius 1 is 1.11 bits per heavy atom. The number of imidazole rings is 1. The molecule has 3 aromatic heterocycles. The van der Waals surface area contributed by atoms with E-state index in [1.54, 1.807) is 18.0 Å². The Hall–Kier alpha value is -2.38. The highest BCUT2D eigenvalue weighted by Gasteiger charge is 2.25. The van der Waals surface area contributed by atoms with E-state index in [9.17, 15) is 0 Å². The summed E-state index contributed by atoms with van der Waals surface area (Å²) >= 11 is 8.12. The number of halogens is 1. The Balaban J connectivity index is 1.47. The molecule has 1 aliphatic rings. The molecule has 6 nitrogen and oxygen atoms in total. The number of benzene rings is 1. The third kappa shape index (κ3) is 3.29. The first kappa shape index (κ1) is 17.7. The number of hydrogen-bond donors (Lipinski definition) is 0. The summed E-state index contributed by atoms with van der Waals surface area (Å²) in [6.07, 6.45) is 10.5. The zero-order valence-corrected chi connectivity index (χ0v) is 16.8. The van der Waals surface area contributed by atoms with Crippen LogP contribution in [-0.4, -0.2) is 29.1 Å². The van der Waals surface area contributed by atoms with Gasteiger partial charge in [0.1, 0.15) is 0 Å². The standard InChI is InChI=1S/C20H19ClN6S/c21-17-9-4-3-8-16(17)18-24-25-20(27(18)15-6-1-2-7-15)28-13-14-12-26-11-5-10-22-19(26)23-14/h3-5,8-12,15H,1-2,6-7,13H2. The molecular weight excluding hydrogens is 392 g/mol. The molecule has 3 heterocycles. The van der Waals surface area contributed by atoms with Gasteiger partial charge in [0, 0.05) is 35.9 Å². The molecule has 0 spiro atoms. The topological polar surface area (TPSA) is 60.9 Å². The molecule has 0 unspecified atom stereocenters. The lowest BCUT2D eigenvalue weighted by Gasteiger charge is -2.17. The highest BCUT2D eigenvalue weighted by molar-refractivity contribution is 7.98. The summed E-state index contributed by atoms with van der Waals surface area (Å²) in [5.74, 6) is 2.29. The molecule has 0 saturated heterocycles. The largest absolute Gasteiger partial charge is 0.299 e. The average molecular weight is 411 g/mol. The molecule has 142 valence electrons. The van der Waals surface area contributed by atoms with Crippen molar-refractivity contribution >= 4 is 29.1 Å². The fraction of sp³-hybridized carbons (Fsp3) is 0.300. The van der Waals surface area contributed by atoms with E-state index in [1.165, 1.54) is 12.8 Å². The predicted molar refractivity (Wildman–Crippen MR) is 111 cm³/mol. The minimum atomic E-state index is 0.423. The number of fused-ring (bicyclic) bond motifs is 1. The normalized spacial score (nSPS) is 14.9. The van der Waals surface area contributed by atoms with Gasteiger partial charge in [0.05, 0.1) is 10.7 Å². The van der Waals surface area contributed by atoms with E-state index in [0.29, 0.717) is 16.8 Å². The van der Waals surface area contributed by atoms with Crippen LogP contribution in [-0.2, 0) is 5.75 Å². The van der Waals surface area contributed by atoms with Crippen LogP contribution in [0, 0.1) is 0 Å². The van der Waals surface area contributed by atoms with Crippen LogP contribution in [0.5, 0.6) is 0 Å². The zero-order chi connectivity index (χ0) is 18.9. The quantitative estimate of drug-likeness (QED) is 0.431. The lowest BCUT2D eigenvalue weighted by molar-refractivity contribution is 0.485. The van der Waals surface area contributed by atoms with E-state index < -0.39 is 0 Å². The summed E-state index contributed by atoms with van der Waals surface area (Å²) in [6.45, 7) is 0. The van der Waals surface area contributed by atoms with Crippen molar-refractivity contribution in [2.75, 3.05) is 0 Å². The van der Waals surface area contributed by atoms with Gasteiger partial charge in [0.25, 0.3) is 0 Å². The Kier molecular flexibility index (Phi) is 4.78. The van der Waals surface area contributed by atoms with Crippen LogP contribution in [0.15, 0.2) is 54.1 Å². The highest BCUT2D eigenvalue weighted by Crippen LogP contribution is 2.38. The maximum Gasteiger partial charge on any atom is 0.233 e. The highest BCUT2D eigenvalue weighted by atomic mass is 35.5. The molecule has 5 rings (SSSR count). The van der Waals surface area contributed by atoms with Crippen molar-refractivity contribution < 1.29 is 0 Å². The van der Waals surface area contributed by atoms with Crippen LogP contribution in [0.2, 0.25) is 5.02 Å². The van der Waals surface area contributed by atoms with Crippen LogP contribution >= 0.6 is 23.4 Å². The first-order chi connectivity index (χ1) is 13.8. The molecule has 8 heteroatoms. The van der Waals surface area contributed by atoms with Crippen LogP contribution < -0.4 is 0 Å². The number of rotatable bonds is 5. The second kappa shape index (κ2) is 7.56. The molecule has 0 radical (unpaired) electrons. The van der Waals surface area contributed by atoms with Gasteiger partial charge in [0.15, 0.2) is 11.0 Å². The molecule has 0 aliphatic heterocycles. The summed E-state index contributed by atoms with van der Waals surface area (Å²) < 4.78 is 4.22. The minimum Gasteiger partial charge on any atom is -0.299 e. The molecule has 0 N–H and O–H groups in total. The van der Waals surface area contributed by atoms with Crippen LogP contribution in [0.3, 0.4) is 0 Å². The van der Waals surface area contributed by atoms with Gasteiger partial charge in [-0.1, -0.05) is 48.3 Å². The first-order valence-electron chi connectivity index (χ1n) is 9.41. The van der Waals surface area contributed by atoms with Crippen molar-refractivity contribution in [2.24, 2.45) is 0 Å². The fourth-order valence-corrected chi connectivity index (χ4v) is 4.89. The second-order valence-electron chi connectivity index (χ2n) is 6.94. The van der Waals surface area contributed by atoms with Crippen molar-refractivity contribution in [3.8, 4) is 11.4 Å². The van der Waals surface area contributed by atoms with E-state index in [-0.39, 0.29) is 0 Å². The molecular formula is C20H19ClN6S. The Morgan fingerprint density at radius 2 is 1.96 bits per heavy atom. The number of aromatic nitrogens is 6. The molecule has 1 aromatic carbocycles. The molecule has 1 fully saturated rings. The molecule has 0 amide bonds. The molecule has 28 heavy (non-hydrogen) atoms. The number of thioether (sulfide) groups is 1. The molecule has 0 atom stereocenters. The van der Waals surface area contributed by atoms with E-state index in [4.69, 9.17) is 11.6 Å². The summed E-state index contributed by atoms with van der Waals surface area (Å²) in [5, 5.41) is 10.7. The third-order valence-electron chi connectivity index (χ3n) is 5.10. The summed E-state index contributed by atoms with van der Waals surface area (Å²) in [7, 11) is 0. The Labute approximate surface area is 172 Å². The van der Waals surface area contributed by atoms with Crippen molar-refractivity contribution in [2.45, 2.75) is 42.6 Å². The number of nitrogens with zero attached hydrogens (tertiary/aromatic N) is 6. The molecule has 1 saturated carbocycles. The second-order valence-corrected chi connectivity index (χ2v) is 8.29. The maximum atomic E-state index is 6.46. The Bertz CT molecular complexity index is 1080. The van der Waals surface area contributed by atoms with Gasteiger partial charge in [-0.15, -0.1) is 10.2 Å². The van der Waals surface area contributed by atoms with E-state index in [0.717, 1.165) is 40.8 Å². The smallest absolute Gasteiger partial charge is 0.233 e. The van der Waals surface area contributed by atoms with Crippen LogP contribution in [0.25, 0.3) is 17.2 Å². The molecule has 1 aliphatic carbocycles. The van der Waals surface area contributed by atoms with E-state index in [1.807, 2.05) is 47.1 Å². The predicted octanol–water partition coefficient (Wildman–Crippen LogP) is 5.05. The lowest BCUT2D eigenvalue weighted by atomic mass is 10.2. The summed E-state index contributed by atoms with van der Waals surface area (Å²) in [6, 6.07) is 10.2. The third-order valence-corrected chi connectivity index (χ3v) is 6.41. The zero-order valence-electron chi connectivity index (χ0n) is 15.2. The summed E-state index contributed by atoms with van der Waals surface area (Å²) in [4.78, 5) is 8.87. The van der Waals surface area contributed by atoms with E-state index >= 15 is 0 Å². The van der Waals surface area contributed by atoms with Gasteiger partial charge < -0.3 is 0 Å². The SMILES string of the molecule is Clc1ccccc1-c1nnc(SCc2cn3cccnc3n2)n1C1CCCC1. The van der Waals surface area contributed by atoms with Crippen molar-refractivity contribution in [3.63, 3.8) is 0 Å². The summed E-state index contributed by atoms with van der Waals surface area (Å²) in [5.41, 5.74) is 1.91. The lowest BCUT2D eigenvalue weighted by Crippen LogP contribution is -2.08. The Morgan fingerprint density at radius 3 is 2.79 bits per heavy atom. The molecule has 4 aromatic rings. The first-order valence-corrected chi connectivity index (χ1v) is 10.8. The van der Waals surface area contributed by atoms with Crippen molar-refractivity contribution in [1.29, 1.82) is 0 Å². The van der Waals surface area contributed by atoms with Gasteiger partial charge in [-0.25, -0.2) is 9.97 Å². The van der Waals surface area contributed by atoms with Crippen LogP contribution in [0.4, 0.5) is 0 Å². The van der Waals surface area contributed by atoms with Crippen molar-refractivity contribution in [3.05, 3.63) is 59.6 Å². The van der Waals surface area contributed by atoms with E-state index in [2.05, 4.69) is 24.7 Å². The van der Waals surface area contributed by atoms with Gasteiger partial charge in [0.2, 0.25) is 5.78 Å². The fourth-order valence-electron chi connectivity index (χ4n) is 3.78. The monoisotopic (exact) mass is 410 g/mol. The van der Waals surface area contributed by atoms with Gasteiger partial charge in [-0.2, -0.15) is 0 Å². The van der Waals surface area contributed by atoms with Gasteiger partial charge in [-0.05, 0) is 31.0 Å². The maximum absolute atomic E-state index is 6.46. The van der Waals surface area contributed by atoms with Crippen molar-refractivity contribution in [1.82, 2.24) is 29.1 Å². The minimum absolute atomic E-state index is 0.423. The average Bonchev–Trinajstić information content (AvgIpc) is 3.45. The van der Waals surface area contributed by atoms with Crippen LogP contribution in [0.1, 0.15) is 37.4 Å². The van der Waals surface area contributed by atoms with Gasteiger partial charge in [-0.3, -0.25) is 8.97 Å². The van der Waals surface area contributed by atoms with Gasteiger partial charge >= 0.3 is 0 Å². The number of hydrogen-bond acceptors (Lipinski definition) is 5.